The van der Waals surface area contributed by atoms with E-state index in [1.807, 2.05) is 0 Å². The summed E-state index contributed by atoms with van der Waals surface area (Å²) in [4.78, 5) is 0. The summed E-state index contributed by atoms with van der Waals surface area (Å²) in [5.41, 5.74) is 0. The molecule has 1 unspecified atom stereocenters. The maximum absolute atomic E-state index is 5.34. The SMILES string of the molecule is CO[SiH](CCOCC1CO1)OC. The maximum atomic E-state index is 5.34. The van der Waals surface area contributed by atoms with Gasteiger partial charge in [-0.3, -0.25) is 0 Å². The third-order valence-corrected chi connectivity index (χ3v) is 3.49. The average Bonchev–Trinajstić information content (AvgIpc) is 2.89. The van der Waals surface area contributed by atoms with Crippen LogP contribution in [-0.4, -0.2) is 49.4 Å². The minimum absolute atomic E-state index is 0.357. The van der Waals surface area contributed by atoms with Crippen molar-refractivity contribution in [3.8, 4) is 0 Å². The second-order valence-electron chi connectivity index (χ2n) is 2.72. The van der Waals surface area contributed by atoms with Gasteiger partial charge in [0.25, 0.3) is 0 Å². The van der Waals surface area contributed by atoms with Crippen LogP contribution in [0.2, 0.25) is 6.04 Å². The topological polar surface area (TPSA) is 40.2 Å². The van der Waals surface area contributed by atoms with Crippen molar-refractivity contribution in [2.24, 2.45) is 0 Å². The zero-order valence-electron chi connectivity index (χ0n) is 7.62. The summed E-state index contributed by atoms with van der Waals surface area (Å²) < 4.78 is 20.6. The second-order valence-corrected chi connectivity index (χ2v) is 5.10. The first-order chi connectivity index (χ1) is 5.86. The lowest BCUT2D eigenvalue weighted by Gasteiger charge is -2.10. The molecule has 1 rings (SSSR count). The van der Waals surface area contributed by atoms with Crippen LogP contribution in [0.15, 0.2) is 0 Å². The molecule has 72 valence electrons. The Kier molecular flexibility index (Phi) is 4.78. The molecule has 12 heavy (non-hydrogen) atoms. The largest absolute Gasteiger partial charge is 0.400 e. The molecule has 1 aliphatic rings. The van der Waals surface area contributed by atoms with E-state index in [0.717, 1.165) is 19.3 Å². The number of epoxide rings is 1. The Hall–Kier alpha value is 0.0569. The van der Waals surface area contributed by atoms with E-state index in [1.54, 1.807) is 14.2 Å². The van der Waals surface area contributed by atoms with Crippen LogP contribution in [0, 0.1) is 0 Å². The van der Waals surface area contributed by atoms with Gasteiger partial charge < -0.3 is 18.3 Å². The molecule has 1 heterocycles. The molecule has 4 nitrogen and oxygen atoms in total. The predicted octanol–water partition coefficient (Wildman–Crippen LogP) is -0.0849. The second kappa shape index (κ2) is 5.66. The van der Waals surface area contributed by atoms with Gasteiger partial charge in [-0.25, -0.2) is 0 Å². The van der Waals surface area contributed by atoms with Gasteiger partial charge in [0.15, 0.2) is 0 Å². The molecule has 0 bridgehead atoms. The van der Waals surface area contributed by atoms with Crippen molar-refractivity contribution in [3.63, 3.8) is 0 Å². The molecule has 0 spiro atoms. The Bertz CT molecular complexity index is 114. The van der Waals surface area contributed by atoms with Crippen LogP contribution in [0.25, 0.3) is 0 Å². The molecule has 1 saturated heterocycles. The van der Waals surface area contributed by atoms with E-state index >= 15 is 0 Å². The Morgan fingerprint density at radius 2 is 2.08 bits per heavy atom. The number of hydrogen-bond acceptors (Lipinski definition) is 4. The average molecular weight is 192 g/mol. The third-order valence-electron chi connectivity index (χ3n) is 1.73. The summed E-state index contributed by atoms with van der Waals surface area (Å²) in [6.07, 6.45) is 0.357. The normalized spacial score (nSPS) is 21.8. The van der Waals surface area contributed by atoms with Gasteiger partial charge in [0.2, 0.25) is 0 Å². The van der Waals surface area contributed by atoms with E-state index in [1.165, 1.54) is 0 Å². The van der Waals surface area contributed by atoms with Gasteiger partial charge in [0.1, 0.15) is 6.10 Å². The molecule has 1 atom stereocenters. The summed E-state index contributed by atoms with van der Waals surface area (Å²) in [6, 6.07) is 0.903. The van der Waals surface area contributed by atoms with Crippen molar-refractivity contribution in [1.29, 1.82) is 0 Å². The molecule has 0 saturated carbocycles. The van der Waals surface area contributed by atoms with Crippen LogP contribution < -0.4 is 0 Å². The van der Waals surface area contributed by atoms with Gasteiger partial charge in [-0.1, -0.05) is 0 Å². The van der Waals surface area contributed by atoms with Gasteiger partial charge in [-0.2, -0.15) is 0 Å². The van der Waals surface area contributed by atoms with Crippen LogP contribution in [0.5, 0.6) is 0 Å². The van der Waals surface area contributed by atoms with E-state index in [9.17, 15) is 0 Å². The summed E-state index contributed by atoms with van der Waals surface area (Å²) in [6.45, 7) is 2.29. The van der Waals surface area contributed by atoms with Crippen LogP contribution in [0.3, 0.4) is 0 Å². The fourth-order valence-corrected chi connectivity index (χ4v) is 1.91. The van der Waals surface area contributed by atoms with Gasteiger partial charge in [0, 0.05) is 26.9 Å². The first-order valence-corrected chi connectivity index (χ1v) is 5.87. The predicted molar refractivity (Wildman–Crippen MR) is 46.5 cm³/mol. The van der Waals surface area contributed by atoms with Crippen molar-refractivity contribution < 1.29 is 18.3 Å². The Morgan fingerprint density at radius 3 is 2.58 bits per heavy atom. The first-order valence-electron chi connectivity index (χ1n) is 4.11. The summed E-state index contributed by atoms with van der Waals surface area (Å²) in [5.74, 6) is 0. The van der Waals surface area contributed by atoms with Gasteiger partial charge in [-0.05, 0) is 0 Å². The van der Waals surface area contributed by atoms with Crippen LogP contribution >= 0.6 is 0 Å². The molecule has 0 radical (unpaired) electrons. The third kappa shape index (κ3) is 4.17. The quantitative estimate of drug-likeness (QED) is 0.321. The van der Waals surface area contributed by atoms with Gasteiger partial charge in [-0.15, -0.1) is 0 Å². The Labute approximate surface area is 74.6 Å². The van der Waals surface area contributed by atoms with Crippen molar-refractivity contribution in [1.82, 2.24) is 0 Å². The minimum atomic E-state index is -1.40. The van der Waals surface area contributed by atoms with E-state index in [4.69, 9.17) is 18.3 Å². The smallest absolute Gasteiger partial charge is 0.323 e. The molecule has 5 heteroatoms. The molecular formula is C7H16O4Si. The number of hydrogen-bond donors (Lipinski definition) is 0. The molecule has 1 fully saturated rings. The van der Waals surface area contributed by atoms with Crippen molar-refractivity contribution in [3.05, 3.63) is 0 Å². The molecule has 0 aromatic rings. The molecule has 0 amide bonds. The molecule has 0 aliphatic carbocycles. The molecule has 0 aromatic heterocycles. The fourth-order valence-electron chi connectivity index (χ4n) is 0.891. The zero-order chi connectivity index (χ0) is 8.81. The minimum Gasteiger partial charge on any atom is -0.400 e. The van der Waals surface area contributed by atoms with Crippen molar-refractivity contribution in [2.45, 2.75) is 12.1 Å². The van der Waals surface area contributed by atoms with Crippen molar-refractivity contribution >= 4 is 9.28 Å². The molecule has 0 N–H and O–H groups in total. The monoisotopic (exact) mass is 192 g/mol. The fraction of sp³-hybridized carbons (Fsp3) is 1.00. The lowest BCUT2D eigenvalue weighted by molar-refractivity contribution is 0.122. The lowest BCUT2D eigenvalue weighted by atomic mass is 10.5. The van der Waals surface area contributed by atoms with E-state index in [0.29, 0.717) is 12.7 Å². The number of rotatable bonds is 7. The summed E-state index contributed by atoms with van der Waals surface area (Å²) >= 11 is 0. The van der Waals surface area contributed by atoms with E-state index in [2.05, 4.69) is 0 Å². The van der Waals surface area contributed by atoms with Crippen LogP contribution in [0.4, 0.5) is 0 Å². The maximum Gasteiger partial charge on any atom is 0.323 e. The highest BCUT2D eigenvalue weighted by Crippen LogP contribution is 2.08. The molecular weight excluding hydrogens is 176 g/mol. The van der Waals surface area contributed by atoms with E-state index < -0.39 is 9.28 Å². The number of ether oxygens (including phenoxy) is 2. The summed E-state index contributed by atoms with van der Waals surface area (Å²) in [7, 11) is 1.97. The molecule has 0 aromatic carbocycles. The Balaban J connectivity index is 1.85. The van der Waals surface area contributed by atoms with Crippen LogP contribution in [-0.2, 0) is 18.3 Å². The van der Waals surface area contributed by atoms with Gasteiger partial charge >= 0.3 is 9.28 Å². The van der Waals surface area contributed by atoms with Crippen molar-refractivity contribution in [2.75, 3.05) is 34.0 Å². The van der Waals surface area contributed by atoms with Crippen LogP contribution in [0.1, 0.15) is 0 Å². The zero-order valence-corrected chi connectivity index (χ0v) is 8.77. The summed E-state index contributed by atoms with van der Waals surface area (Å²) in [5, 5.41) is 0. The highest BCUT2D eigenvalue weighted by atomic mass is 28.3. The van der Waals surface area contributed by atoms with Gasteiger partial charge in [0.05, 0.1) is 13.2 Å². The highest BCUT2D eigenvalue weighted by Gasteiger charge is 2.22. The Morgan fingerprint density at radius 1 is 1.42 bits per heavy atom. The highest BCUT2D eigenvalue weighted by molar-refractivity contribution is 6.44. The molecule has 1 aliphatic heterocycles. The first kappa shape index (κ1) is 10.1. The lowest BCUT2D eigenvalue weighted by Crippen LogP contribution is -2.21. The standard InChI is InChI=1S/C7H16O4Si/c1-8-12(9-2)4-3-10-5-7-6-11-7/h7,12H,3-6H2,1-2H3. The van der Waals surface area contributed by atoms with E-state index in [-0.39, 0.29) is 0 Å².